The van der Waals surface area contributed by atoms with Gasteiger partial charge in [-0.1, -0.05) is 51.1 Å². The molecule has 4 rings (SSSR count). The van der Waals surface area contributed by atoms with Crippen LogP contribution in [0.3, 0.4) is 0 Å². The van der Waals surface area contributed by atoms with Crippen molar-refractivity contribution in [3.05, 3.63) is 35.9 Å². The lowest BCUT2D eigenvalue weighted by Gasteiger charge is -2.53. The van der Waals surface area contributed by atoms with Gasteiger partial charge in [0, 0.05) is 17.8 Å². The summed E-state index contributed by atoms with van der Waals surface area (Å²) < 4.78 is 12.1. The van der Waals surface area contributed by atoms with Crippen LogP contribution in [0.25, 0.3) is 0 Å². The first kappa shape index (κ1) is 25.1. The fourth-order valence-corrected chi connectivity index (χ4v) is 5.92. The zero-order valence-corrected chi connectivity index (χ0v) is 19.7. The molecule has 3 nitrogen and oxygen atoms in total. The van der Waals surface area contributed by atoms with Crippen LogP contribution in [-0.2, 0) is 10.2 Å². The van der Waals surface area contributed by atoms with E-state index in [0.29, 0.717) is 12.5 Å². The number of benzene rings is 1. The van der Waals surface area contributed by atoms with Crippen molar-refractivity contribution >= 4 is 17.5 Å². The van der Waals surface area contributed by atoms with Gasteiger partial charge in [-0.05, 0) is 74.3 Å². The lowest BCUT2D eigenvalue weighted by molar-refractivity contribution is -0.133. The molecule has 0 aromatic heterocycles. The number of halogens is 2. The number of piperidine rings is 1. The molecule has 2 aliphatic carbocycles. The number of carbonyl (C=O) groups is 1. The molecule has 1 heterocycles. The third kappa shape index (κ3) is 6.68. The molecule has 5 heteroatoms. The summed E-state index contributed by atoms with van der Waals surface area (Å²) in [7, 11) is 0. The quantitative estimate of drug-likeness (QED) is 0.590. The van der Waals surface area contributed by atoms with E-state index in [2.05, 4.69) is 49.5 Å². The van der Waals surface area contributed by atoms with Crippen LogP contribution in [-0.4, -0.2) is 31.0 Å². The molecular formula is C25H40ClFN2O. The second kappa shape index (κ2) is 11.5. The molecule has 2 saturated carbocycles. The van der Waals surface area contributed by atoms with Gasteiger partial charge in [-0.3, -0.25) is 4.79 Å². The first-order valence-corrected chi connectivity index (χ1v) is 12.0. The van der Waals surface area contributed by atoms with E-state index >= 15 is 0 Å². The standard InChI is InChI=1S/C18H25NO.C5H10FN.C2H5Cl/c1-13-8-14-10-17(2,16(19)20)12-18(9-13,11-14)15-6-4-3-5-7-15;6-5-2-1-3-7-4-5;1-2-3/h3-7,13-14H,8-12H2,1-2H3,(H2,19,20);5,7H,1-4H2;2H2,1H3. The van der Waals surface area contributed by atoms with Gasteiger partial charge in [-0.15, -0.1) is 11.6 Å². The Morgan fingerprint density at radius 1 is 1.27 bits per heavy atom. The van der Waals surface area contributed by atoms with Crippen molar-refractivity contribution in [3.63, 3.8) is 0 Å². The summed E-state index contributed by atoms with van der Waals surface area (Å²) in [5.74, 6) is 1.99. The number of nitrogens with one attached hydrogen (secondary N) is 1. The highest BCUT2D eigenvalue weighted by Gasteiger charge is 2.52. The molecule has 5 unspecified atom stereocenters. The number of carbonyl (C=O) groups excluding carboxylic acids is 1. The van der Waals surface area contributed by atoms with Gasteiger partial charge in [0.05, 0.1) is 0 Å². The number of fused-ring (bicyclic) bond motifs is 2. The van der Waals surface area contributed by atoms with E-state index in [1.165, 1.54) is 24.8 Å². The van der Waals surface area contributed by atoms with Crippen LogP contribution in [0.5, 0.6) is 0 Å². The highest BCUT2D eigenvalue weighted by molar-refractivity contribution is 6.17. The Kier molecular flexibility index (Phi) is 9.62. The van der Waals surface area contributed by atoms with Crippen LogP contribution in [0.4, 0.5) is 4.39 Å². The summed E-state index contributed by atoms with van der Waals surface area (Å²) in [5, 5.41) is 2.96. The number of primary amides is 1. The molecule has 1 saturated heterocycles. The fraction of sp³-hybridized carbons (Fsp3) is 0.720. The minimum absolute atomic E-state index is 0.114. The zero-order chi connectivity index (χ0) is 22.2. The summed E-state index contributed by atoms with van der Waals surface area (Å²) in [6.45, 7) is 7.90. The molecule has 30 heavy (non-hydrogen) atoms. The molecule has 0 radical (unpaired) electrons. The fourth-order valence-electron chi connectivity index (χ4n) is 5.92. The monoisotopic (exact) mass is 438 g/mol. The van der Waals surface area contributed by atoms with E-state index in [-0.39, 0.29) is 16.7 Å². The number of hydrogen-bond acceptors (Lipinski definition) is 2. The van der Waals surface area contributed by atoms with Crippen molar-refractivity contribution in [2.45, 2.75) is 77.3 Å². The van der Waals surface area contributed by atoms with Gasteiger partial charge >= 0.3 is 0 Å². The van der Waals surface area contributed by atoms with Gasteiger partial charge in [0.15, 0.2) is 0 Å². The summed E-state index contributed by atoms with van der Waals surface area (Å²) in [4.78, 5) is 12.0. The van der Waals surface area contributed by atoms with Gasteiger partial charge in [-0.2, -0.15) is 0 Å². The van der Waals surface area contributed by atoms with Crippen molar-refractivity contribution in [1.82, 2.24) is 5.32 Å². The second-order valence-corrected chi connectivity index (χ2v) is 10.3. The number of nitrogens with two attached hydrogens (primary N) is 1. The van der Waals surface area contributed by atoms with Crippen LogP contribution in [0, 0.1) is 17.3 Å². The van der Waals surface area contributed by atoms with Crippen LogP contribution in [0.1, 0.15) is 71.3 Å². The molecule has 5 atom stereocenters. The van der Waals surface area contributed by atoms with Crippen molar-refractivity contribution in [2.24, 2.45) is 23.0 Å². The summed E-state index contributed by atoms with van der Waals surface area (Å²) in [6, 6.07) is 10.8. The average molecular weight is 439 g/mol. The van der Waals surface area contributed by atoms with Crippen molar-refractivity contribution < 1.29 is 9.18 Å². The average Bonchev–Trinajstić information content (AvgIpc) is 2.69. The predicted octanol–water partition coefficient (Wildman–Crippen LogP) is 5.60. The minimum Gasteiger partial charge on any atom is -0.369 e. The van der Waals surface area contributed by atoms with E-state index in [4.69, 9.17) is 17.3 Å². The van der Waals surface area contributed by atoms with Gasteiger partial charge in [0.25, 0.3) is 0 Å². The summed E-state index contributed by atoms with van der Waals surface area (Å²) in [5.41, 5.74) is 6.97. The van der Waals surface area contributed by atoms with Crippen molar-refractivity contribution in [3.8, 4) is 0 Å². The minimum atomic E-state index is -0.575. The second-order valence-electron chi connectivity index (χ2n) is 9.78. The Balaban J connectivity index is 0.000000266. The van der Waals surface area contributed by atoms with Crippen LogP contribution in [0.15, 0.2) is 30.3 Å². The highest BCUT2D eigenvalue weighted by atomic mass is 35.5. The molecular weight excluding hydrogens is 399 g/mol. The molecule has 1 amide bonds. The topological polar surface area (TPSA) is 55.1 Å². The summed E-state index contributed by atoms with van der Waals surface area (Å²) in [6.07, 6.45) is 6.74. The molecule has 2 bridgehead atoms. The molecule has 1 aliphatic heterocycles. The van der Waals surface area contributed by atoms with Gasteiger partial charge in [0.1, 0.15) is 6.17 Å². The van der Waals surface area contributed by atoms with Gasteiger partial charge < -0.3 is 11.1 Å². The molecule has 1 aromatic rings. The van der Waals surface area contributed by atoms with Crippen molar-refractivity contribution in [2.75, 3.05) is 19.0 Å². The smallest absolute Gasteiger partial charge is 0.223 e. The Morgan fingerprint density at radius 3 is 2.43 bits per heavy atom. The van der Waals surface area contributed by atoms with Gasteiger partial charge in [-0.25, -0.2) is 4.39 Å². The third-order valence-electron chi connectivity index (χ3n) is 6.84. The molecule has 0 spiro atoms. The number of hydrogen-bond donors (Lipinski definition) is 2. The normalized spacial score (nSPS) is 35.2. The lowest BCUT2D eigenvalue weighted by Crippen LogP contribution is -2.51. The Labute approximate surface area is 187 Å². The number of amides is 1. The maximum absolute atomic E-state index is 12.1. The zero-order valence-electron chi connectivity index (χ0n) is 18.9. The maximum Gasteiger partial charge on any atom is 0.223 e. The first-order chi connectivity index (χ1) is 14.2. The predicted molar refractivity (Wildman–Crippen MR) is 125 cm³/mol. The third-order valence-corrected chi connectivity index (χ3v) is 6.84. The molecule has 3 aliphatic rings. The first-order valence-electron chi connectivity index (χ1n) is 11.5. The molecule has 1 aromatic carbocycles. The summed E-state index contributed by atoms with van der Waals surface area (Å²) >= 11 is 5.00. The van der Waals surface area contributed by atoms with Crippen LogP contribution in [0.2, 0.25) is 0 Å². The lowest BCUT2D eigenvalue weighted by atomic mass is 9.50. The van der Waals surface area contributed by atoms with Crippen molar-refractivity contribution in [1.29, 1.82) is 0 Å². The van der Waals surface area contributed by atoms with E-state index in [0.717, 1.165) is 44.0 Å². The highest BCUT2D eigenvalue weighted by Crippen LogP contribution is 2.57. The van der Waals surface area contributed by atoms with E-state index in [1.54, 1.807) is 0 Å². The van der Waals surface area contributed by atoms with Gasteiger partial charge in [0.2, 0.25) is 5.91 Å². The largest absolute Gasteiger partial charge is 0.369 e. The number of alkyl halides is 2. The Morgan fingerprint density at radius 2 is 1.93 bits per heavy atom. The maximum atomic E-state index is 12.1. The molecule has 3 N–H and O–H groups in total. The van der Waals surface area contributed by atoms with E-state index in [9.17, 15) is 9.18 Å². The Hall–Kier alpha value is -1.13. The van der Waals surface area contributed by atoms with E-state index in [1.807, 2.05) is 6.92 Å². The van der Waals surface area contributed by atoms with Crippen LogP contribution < -0.4 is 11.1 Å². The number of rotatable bonds is 2. The Bertz CT molecular complexity index is 648. The van der Waals surface area contributed by atoms with Crippen LogP contribution >= 0.6 is 11.6 Å². The van der Waals surface area contributed by atoms with E-state index < -0.39 is 6.17 Å². The molecule has 170 valence electrons. The molecule has 3 fully saturated rings. The SMILES string of the molecule is CC1CC2CC(C)(C(N)=O)CC(c3ccccc3)(C1)C2.CCCl.FC1CCCNC1.